The predicted octanol–water partition coefficient (Wildman–Crippen LogP) is 8.86. The van der Waals surface area contributed by atoms with Gasteiger partial charge in [0.2, 0.25) is 0 Å². The Balaban J connectivity index is 0.000000373. The number of imidazole rings is 2. The number of nitriles is 2. The van der Waals surface area contributed by atoms with Crippen molar-refractivity contribution in [2.24, 2.45) is 20.5 Å². The van der Waals surface area contributed by atoms with Gasteiger partial charge in [-0.3, -0.25) is 9.82 Å². The van der Waals surface area contributed by atoms with Gasteiger partial charge in [0.05, 0.1) is 17.8 Å². The largest absolute Gasteiger partial charge is 0.478 e. The second-order valence-electron chi connectivity index (χ2n) is 11.9. The summed E-state index contributed by atoms with van der Waals surface area (Å²) < 4.78 is 3.14. The molecule has 0 radical (unpaired) electrons. The average molecular weight is 792 g/mol. The molecule has 18 nitrogen and oxygen atoms in total. The van der Waals surface area contributed by atoms with Crippen molar-refractivity contribution in [2.75, 3.05) is 38.0 Å². The van der Waals surface area contributed by atoms with Crippen LogP contribution in [-0.2, 0) is 41.1 Å². The molecule has 0 amide bonds. The minimum atomic E-state index is -1.13. The number of aromatic nitrogens is 4. The fourth-order valence-corrected chi connectivity index (χ4v) is 4.83. The summed E-state index contributed by atoms with van der Waals surface area (Å²) in [6.45, 7) is 19.5. The van der Waals surface area contributed by atoms with Gasteiger partial charge in [0, 0.05) is 68.2 Å². The summed E-state index contributed by atoms with van der Waals surface area (Å²) in [5.74, 6) is -0.610. The van der Waals surface area contributed by atoms with E-state index in [4.69, 9.17) is 23.7 Å². The molecule has 0 fully saturated rings. The van der Waals surface area contributed by atoms with Crippen LogP contribution in [0.25, 0.3) is 9.69 Å². The first kappa shape index (κ1) is 44.7. The standard InChI is InChI=1S/C18H21N7O2.C18H19N7O2.Ni/c1-6-7-10-25-17(20-3)16(19-2)21-18(25)23-22-15-9-8-14(24(4)5)11-13(15)12-27-26;1-4-5-8-25-16(11-20)15(10-19)21-18(25)23-22-14-7-6-12(24(2)3)9-13(14)17(26)27;/h8-9,11,26H,6-7,10,12H2,1,4-5H3;6-7,9H,4-5,8H2,1-3H3,(H,26,27);. The number of anilines is 2. The van der Waals surface area contributed by atoms with Crippen molar-refractivity contribution in [2.45, 2.75) is 59.2 Å². The summed E-state index contributed by atoms with van der Waals surface area (Å²) in [6, 6.07) is 14.1. The summed E-state index contributed by atoms with van der Waals surface area (Å²) >= 11 is 0. The van der Waals surface area contributed by atoms with E-state index in [9.17, 15) is 15.2 Å². The summed E-state index contributed by atoms with van der Waals surface area (Å²) in [4.78, 5) is 34.4. The molecule has 4 aromatic rings. The van der Waals surface area contributed by atoms with E-state index >= 15 is 0 Å². The first-order valence-electron chi connectivity index (χ1n) is 16.7. The van der Waals surface area contributed by atoms with Crippen molar-refractivity contribution in [3.05, 3.63) is 81.7 Å². The maximum absolute atomic E-state index is 11.5. The molecule has 19 heteroatoms. The number of azo groups is 2. The van der Waals surface area contributed by atoms with Crippen LogP contribution >= 0.6 is 0 Å². The number of benzene rings is 2. The van der Waals surface area contributed by atoms with Gasteiger partial charge >= 0.3 is 11.9 Å². The van der Waals surface area contributed by atoms with Gasteiger partial charge in [-0.2, -0.15) is 15.5 Å². The fraction of sp³-hybridized carbons (Fsp3) is 0.361. The minimum Gasteiger partial charge on any atom is -0.478 e. The van der Waals surface area contributed by atoms with Crippen LogP contribution in [0, 0.1) is 35.8 Å². The number of carbonyl (C=O) groups is 1. The molecule has 0 bridgehead atoms. The molecule has 2 aromatic heterocycles. The number of hydrogen-bond acceptors (Lipinski definition) is 13. The van der Waals surface area contributed by atoms with E-state index in [0.717, 1.165) is 31.4 Å². The third kappa shape index (κ3) is 11.5. The van der Waals surface area contributed by atoms with Gasteiger partial charge in [-0.1, -0.05) is 49.9 Å². The first-order chi connectivity index (χ1) is 26.0. The number of rotatable bonds is 15. The van der Waals surface area contributed by atoms with Gasteiger partial charge in [-0.15, -0.1) is 15.3 Å². The number of carboxylic acid groups (broad SMARTS) is 1. The van der Waals surface area contributed by atoms with Gasteiger partial charge in [0.15, 0.2) is 11.4 Å². The molecule has 0 aliphatic carbocycles. The molecule has 0 spiro atoms. The van der Waals surface area contributed by atoms with Crippen LogP contribution in [0.2, 0.25) is 0 Å². The molecule has 288 valence electrons. The van der Waals surface area contributed by atoms with E-state index < -0.39 is 5.97 Å². The molecule has 0 atom stereocenters. The Morgan fingerprint density at radius 3 is 1.93 bits per heavy atom. The number of carboxylic acids is 1. The Morgan fingerprint density at radius 2 is 1.42 bits per heavy atom. The summed E-state index contributed by atoms with van der Waals surface area (Å²) in [5.41, 5.74) is 3.06. The van der Waals surface area contributed by atoms with Crippen molar-refractivity contribution in [1.82, 2.24) is 19.1 Å². The number of nitrogens with zero attached hydrogens (tertiary/aromatic N) is 14. The van der Waals surface area contributed by atoms with E-state index in [1.165, 1.54) is 10.6 Å². The zero-order valence-corrected chi connectivity index (χ0v) is 32.2. The Morgan fingerprint density at radius 1 is 0.855 bits per heavy atom. The third-order valence-electron chi connectivity index (χ3n) is 7.77. The van der Waals surface area contributed by atoms with Crippen molar-refractivity contribution >= 4 is 52.3 Å². The van der Waals surface area contributed by atoms with Crippen molar-refractivity contribution in [1.29, 1.82) is 10.5 Å². The van der Waals surface area contributed by atoms with Crippen molar-refractivity contribution < 1.29 is 36.5 Å². The van der Waals surface area contributed by atoms with E-state index in [1.54, 1.807) is 41.8 Å². The fourth-order valence-electron chi connectivity index (χ4n) is 4.83. The van der Waals surface area contributed by atoms with E-state index in [1.807, 2.05) is 57.1 Å². The van der Waals surface area contributed by atoms with Crippen LogP contribution in [0.5, 0.6) is 0 Å². The second kappa shape index (κ2) is 21.9. The molecule has 0 aliphatic rings. The van der Waals surface area contributed by atoms with Crippen LogP contribution in [0.15, 0.2) is 56.9 Å². The molecule has 2 aromatic carbocycles. The minimum absolute atomic E-state index is 0. The van der Waals surface area contributed by atoms with Crippen LogP contribution in [0.3, 0.4) is 0 Å². The monoisotopic (exact) mass is 790 g/mol. The van der Waals surface area contributed by atoms with Crippen LogP contribution in [-0.4, -0.2) is 63.6 Å². The number of aromatic carboxylic acids is 1. The number of unbranched alkanes of at least 4 members (excludes halogenated alkanes) is 2. The summed E-state index contributed by atoms with van der Waals surface area (Å²) in [6.07, 6.45) is 3.43. The van der Waals surface area contributed by atoms with Gasteiger partial charge in [-0.25, -0.2) is 14.2 Å². The third-order valence-corrected chi connectivity index (χ3v) is 7.77. The van der Waals surface area contributed by atoms with Gasteiger partial charge in [0.1, 0.15) is 24.4 Å². The van der Waals surface area contributed by atoms with Gasteiger partial charge in [0.25, 0.3) is 17.6 Å². The molecular formula is C36H40N14NiO4. The molecular weight excluding hydrogens is 751 g/mol. The maximum atomic E-state index is 11.5. The van der Waals surface area contributed by atoms with Gasteiger partial charge in [-0.05, 0) is 49.2 Å². The van der Waals surface area contributed by atoms with Crippen LogP contribution < -0.4 is 9.80 Å². The first-order valence-corrected chi connectivity index (χ1v) is 16.7. The molecule has 2 heterocycles. The maximum Gasteiger partial charge on any atom is 0.416 e. The Kier molecular flexibility index (Phi) is 17.8. The summed E-state index contributed by atoms with van der Waals surface area (Å²) in [7, 11) is 7.42. The van der Waals surface area contributed by atoms with Crippen molar-refractivity contribution in [3.8, 4) is 12.1 Å². The number of hydrogen-bond donors (Lipinski definition) is 2. The topological polar surface area (TPSA) is 215 Å². The normalized spacial score (nSPS) is 10.5. The molecule has 55 heavy (non-hydrogen) atoms. The summed E-state index contributed by atoms with van der Waals surface area (Å²) in [5, 5.41) is 53.2. The zero-order valence-electron chi connectivity index (χ0n) is 31.2. The van der Waals surface area contributed by atoms with E-state index in [2.05, 4.69) is 45.0 Å². The predicted molar refractivity (Wildman–Crippen MR) is 200 cm³/mol. The van der Waals surface area contributed by atoms with Crippen LogP contribution in [0.1, 0.15) is 66.8 Å². The van der Waals surface area contributed by atoms with Gasteiger partial charge < -0.3 is 24.6 Å². The smallest absolute Gasteiger partial charge is 0.416 e. The van der Waals surface area contributed by atoms with E-state index in [-0.39, 0.29) is 69.3 Å². The molecule has 0 aliphatic heterocycles. The molecule has 0 saturated carbocycles. The Hall–Kier alpha value is -6.50. The van der Waals surface area contributed by atoms with Crippen LogP contribution in [0.4, 0.5) is 46.3 Å². The Labute approximate surface area is 329 Å². The van der Waals surface area contributed by atoms with Crippen molar-refractivity contribution in [3.63, 3.8) is 0 Å². The quantitative estimate of drug-likeness (QED) is 0.0383. The van der Waals surface area contributed by atoms with E-state index in [0.29, 0.717) is 30.0 Å². The molecule has 2 N–H and O–H groups in total. The second-order valence-corrected chi connectivity index (χ2v) is 11.9. The zero-order chi connectivity index (χ0) is 39.8. The molecule has 0 unspecified atom stereocenters. The average Bonchev–Trinajstić information content (AvgIpc) is 3.70. The molecule has 0 saturated heterocycles. The molecule has 4 rings (SSSR count). The SMILES string of the molecule is CCCCn1c(N=Nc2ccc(N(C)C)cc2C(=O)O)nc(C#N)c1C#N.[C-]#[N+]c1nc(N=Nc2ccc(N(C)C)cc2COO)n(CCCC)c1[N+]#[C-].[Ni]. The Bertz CT molecular complexity index is 2180.